The summed E-state index contributed by atoms with van der Waals surface area (Å²) in [5, 5.41) is 8.85. The molecule has 104 valence electrons. The molecule has 0 atom stereocenters. The van der Waals surface area contributed by atoms with Gasteiger partial charge in [0.15, 0.2) is 0 Å². The number of hydrogen-bond donors (Lipinski definition) is 1. The molecule has 5 nitrogen and oxygen atoms in total. The van der Waals surface area contributed by atoms with Crippen molar-refractivity contribution in [3.8, 4) is 5.75 Å². The zero-order valence-electron chi connectivity index (χ0n) is 11.4. The highest BCUT2D eigenvalue weighted by Gasteiger charge is 2.21. The van der Waals surface area contributed by atoms with Gasteiger partial charge in [-0.05, 0) is 39.0 Å². The average molecular weight is 265 g/mol. The molecule has 1 aromatic carbocycles. The van der Waals surface area contributed by atoms with Gasteiger partial charge in [0.25, 0.3) is 5.91 Å². The van der Waals surface area contributed by atoms with Crippen LogP contribution < -0.4 is 4.74 Å². The van der Waals surface area contributed by atoms with E-state index in [1.807, 2.05) is 6.92 Å². The normalized spacial score (nSPS) is 10.3. The Morgan fingerprint density at radius 3 is 2.58 bits per heavy atom. The molecule has 0 aliphatic rings. The lowest BCUT2D eigenvalue weighted by atomic mass is 10.1. The molecule has 0 aromatic heterocycles. The van der Waals surface area contributed by atoms with Gasteiger partial charge in [0.05, 0.1) is 6.61 Å². The summed E-state index contributed by atoms with van der Waals surface area (Å²) in [6.07, 6.45) is 0. The molecule has 0 bridgehead atoms. The zero-order chi connectivity index (χ0) is 14.4. The van der Waals surface area contributed by atoms with E-state index < -0.39 is 5.97 Å². The monoisotopic (exact) mass is 265 g/mol. The number of amides is 1. The fourth-order valence-corrected chi connectivity index (χ4v) is 1.69. The van der Waals surface area contributed by atoms with Crippen molar-refractivity contribution in [2.75, 3.05) is 13.2 Å². The molecule has 1 amide bonds. The molecule has 0 saturated carbocycles. The molecule has 0 aliphatic heterocycles. The molecule has 1 N–H and O–H groups in total. The zero-order valence-corrected chi connectivity index (χ0v) is 11.4. The second-order valence-corrected chi connectivity index (χ2v) is 4.38. The molecule has 0 fully saturated rings. The van der Waals surface area contributed by atoms with Crippen molar-refractivity contribution in [3.05, 3.63) is 29.8 Å². The first-order valence-electron chi connectivity index (χ1n) is 6.21. The second kappa shape index (κ2) is 6.78. The lowest BCUT2D eigenvalue weighted by molar-refractivity contribution is -0.138. The first kappa shape index (κ1) is 15.0. The van der Waals surface area contributed by atoms with Gasteiger partial charge >= 0.3 is 5.97 Å². The SMILES string of the molecule is CCOc1cccc(C(=O)N(CC(=O)O)C(C)C)c1. The van der Waals surface area contributed by atoms with Crippen molar-refractivity contribution in [1.82, 2.24) is 4.90 Å². The Labute approximate surface area is 112 Å². The molecule has 0 saturated heterocycles. The maximum atomic E-state index is 12.3. The van der Waals surface area contributed by atoms with Gasteiger partial charge in [-0.3, -0.25) is 9.59 Å². The number of carboxylic acid groups (broad SMARTS) is 1. The van der Waals surface area contributed by atoms with Crippen LogP contribution in [0.4, 0.5) is 0 Å². The van der Waals surface area contributed by atoms with Gasteiger partial charge in [0.1, 0.15) is 12.3 Å². The molecular weight excluding hydrogens is 246 g/mol. The van der Waals surface area contributed by atoms with Gasteiger partial charge in [-0.2, -0.15) is 0 Å². The summed E-state index contributed by atoms with van der Waals surface area (Å²) in [7, 11) is 0. The maximum absolute atomic E-state index is 12.3. The molecule has 19 heavy (non-hydrogen) atoms. The Bertz CT molecular complexity index is 457. The van der Waals surface area contributed by atoms with Crippen molar-refractivity contribution in [2.24, 2.45) is 0 Å². The van der Waals surface area contributed by atoms with Gasteiger partial charge in [0, 0.05) is 11.6 Å². The van der Waals surface area contributed by atoms with Gasteiger partial charge in [-0.1, -0.05) is 6.07 Å². The Kier molecular flexibility index (Phi) is 5.36. The van der Waals surface area contributed by atoms with Crippen LogP contribution in [-0.2, 0) is 4.79 Å². The third kappa shape index (κ3) is 4.28. The molecule has 0 unspecified atom stereocenters. The quantitative estimate of drug-likeness (QED) is 0.854. The smallest absolute Gasteiger partial charge is 0.323 e. The number of carboxylic acids is 1. The van der Waals surface area contributed by atoms with E-state index in [-0.39, 0.29) is 18.5 Å². The fraction of sp³-hybridized carbons (Fsp3) is 0.429. The van der Waals surface area contributed by atoms with E-state index in [0.717, 1.165) is 0 Å². The van der Waals surface area contributed by atoms with Crippen LogP contribution in [0.2, 0.25) is 0 Å². The number of ether oxygens (including phenoxy) is 1. The van der Waals surface area contributed by atoms with Gasteiger partial charge < -0.3 is 14.7 Å². The van der Waals surface area contributed by atoms with E-state index in [9.17, 15) is 9.59 Å². The summed E-state index contributed by atoms with van der Waals surface area (Å²) >= 11 is 0. The molecule has 0 aliphatic carbocycles. The number of nitrogens with zero attached hydrogens (tertiary/aromatic N) is 1. The van der Waals surface area contributed by atoms with Crippen LogP contribution in [0.1, 0.15) is 31.1 Å². The number of carbonyl (C=O) groups excluding carboxylic acids is 1. The molecule has 0 spiro atoms. The second-order valence-electron chi connectivity index (χ2n) is 4.38. The minimum absolute atomic E-state index is 0.181. The van der Waals surface area contributed by atoms with E-state index in [2.05, 4.69) is 0 Å². The number of benzene rings is 1. The van der Waals surface area contributed by atoms with E-state index in [0.29, 0.717) is 17.9 Å². The average Bonchev–Trinajstić information content (AvgIpc) is 2.35. The number of aliphatic carboxylic acids is 1. The topological polar surface area (TPSA) is 66.8 Å². The lowest BCUT2D eigenvalue weighted by Crippen LogP contribution is -2.40. The summed E-state index contributed by atoms with van der Waals surface area (Å²) in [6.45, 7) is 5.63. The van der Waals surface area contributed by atoms with Gasteiger partial charge in [-0.25, -0.2) is 0 Å². The fourth-order valence-electron chi connectivity index (χ4n) is 1.69. The minimum Gasteiger partial charge on any atom is -0.494 e. The highest BCUT2D eigenvalue weighted by Crippen LogP contribution is 2.16. The van der Waals surface area contributed by atoms with Gasteiger partial charge in [0.2, 0.25) is 0 Å². The predicted molar refractivity (Wildman–Crippen MR) is 71.4 cm³/mol. The Morgan fingerprint density at radius 1 is 1.37 bits per heavy atom. The summed E-state index contributed by atoms with van der Waals surface area (Å²) in [6, 6.07) is 6.58. The van der Waals surface area contributed by atoms with Crippen LogP contribution in [0.5, 0.6) is 5.75 Å². The third-order valence-corrected chi connectivity index (χ3v) is 2.58. The Balaban J connectivity index is 2.95. The van der Waals surface area contributed by atoms with E-state index >= 15 is 0 Å². The van der Waals surface area contributed by atoms with Crippen LogP contribution in [-0.4, -0.2) is 41.1 Å². The van der Waals surface area contributed by atoms with Crippen LogP contribution in [0.3, 0.4) is 0 Å². The van der Waals surface area contributed by atoms with E-state index in [1.165, 1.54) is 4.90 Å². The van der Waals surface area contributed by atoms with Crippen LogP contribution >= 0.6 is 0 Å². The van der Waals surface area contributed by atoms with Crippen molar-refractivity contribution in [2.45, 2.75) is 26.8 Å². The molecular formula is C14H19NO4. The first-order chi connectivity index (χ1) is 8.95. The lowest BCUT2D eigenvalue weighted by Gasteiger charge is -2.25. The van der Waals surface area contributed by atoms with Crippen molar-refractivity contribution >= 4 is 11.9 Å². The summed E-state index contributed by atoms with van der Waals surface area (Å²) in [5.74, 6) is -0.727. The summed E-state index contributed by atoms with van der Waals surface area (Å²) in [5.41, 5.74) is 0.431. The van der Waals surface area contributed by atoms with Crippen molar-refractivity contribution in [1.29, 1.82) is 0 Å². The molecule has 1 aromatic rings. The van der Waals surface area contributed by atoms with Crippen molar-refractivity contribution < 1.29 is 19.4 Å². The first-order valence-corrected chi connectivity index (χ1v) is 6.21. The number of hydrogen-bond acceptors (Lipinski definition) is 3. The highest BCUT2D eigenvalue weighted by molar-refractivity contribution is 5.96. The number of rotatable bonds is 6. The van der Waals surface area contributed by atoms with E-state index in [4.69, 9.17) is 9.84 Å². The van der Waals surface area contributed by atoms with E-state index in [1.54, 1.807) is 38.1 Å². The van der Waals surface area contributed by atoms with Crippen LogP contribution in [0.15, 0.2) is 24.3 Å². The molecule has 0 radical (unpaired) electrons. The summed E-state index contributed by atoms with van der Waals surface area (Å²) < 4.78 is 5.33. The van der Waals surface area contributed by atoms with Crippen molar-refractivity contribution in [3.63, 3.8) is 0 Å². The predicted octanol–water partition coefficient (Wildman–Crippen LogP) is 2.02. The van der Waals surface area contributed by atoms with Crippen LogP contribution in [0.25, 0.3) is 0 Å². The molecule has 1 rings (SSSR count). The van der Waals surface area contributed by atoms with Gasteiger partial charge in [-0.15, -0.1) is 0 Å². The number of carbonyl (C=O) groups is 2. The minimum atomic E-state index is -1.02. The molecule has 0 heterocycles. The highest BCUT2D eigenvalue weighted by atomic mass is 16.5. The molecule has 5 heteroatoms. The standard InChI is InChI=1S/C14H19NO4/c1-4-19-12-7-5-6-11(8-12)14(18)15(10(2)3)9-13(16)17/h5-8,10H,4,9H2,1-3H3,(H,16,17). The van der Waals surface area contributed by atoms with Crippen LogP contribution in [0, 0.1) is 0 Å². The Hall–Kier alpha value is -2.04. The summed E-state index contributed by atoms with van der Waals surface area (Å²) in [4.78, 5) is 24.4. The largest absolute Gasteiger partial charge is 0.494 e. The third-order valence-electron chi connectivity index (χ3n) is 2.58. The Morgan fingerprint density at radius 2 is 2.05 bits per heavy atom. The maximum Gasteiger partial charge on any atom is 0.323 e.